The lowest BCUT2D eigenvalue weighted by molar-refractivity contribution is 0.102. The van der Waals surface area contributed by atoms with Crippen molar-refractivity contribution < 1.29 is 9.18 Å². The third kappa shape index (κ3) is 4.05. The van der Waals surface area contributed by atoms with Crippen LogP contribution in [0.15, 0.2) is 36.7 Å². The van der Waals surface area contributed by atoms with Gasteiger partial charge in [-0.3, -0.25) is 4.79 Å². The van der Waals surface area contributed by atoms with E-state index in [0.717, 1.165) is 5.39 Å². The molecule has 0 bridgehead atoms. The van der Waals surface area contributed by atoms with E-state index in [1.54, 1.807) is 12.1 Å². The molecule has 6 nitrogen and oxygen atoms in total. The Labute approximate surface area is 167 Å². The summed E-state index contributed by atoms with van der Waals surface area (Å²) in [5, 5.41) is 6.76. The van der Waals surface area contributed by atoms with Gasteiger partial charge in [-0.2, -0.15) is 0 Å². The van der Waals surface area contributed by atoms with Crippen LogP contribution in [0.5, 0.6) is 0 Å². The zero-order chi connectivity index (χ0) is 20.5. The van der Waals surface area contributed by atoms with E-state index in [1.807, 2.05) is 26.8 Å². The van der Waals surface area contributed by atoms with Gasteiger partial charge in [-0.25, -0.2) is 14.4 Å². The largest absolute Gasteiger partial charge is 0.365 e. The second-order valence-electron chi connectivity index (χ2n) is 7.35. The van der Waals surface area contributed by atoms with Crippen LogP contribution in [0.25, 0.3) is 10.9 Å². The van der Waals surface area contributed by atoms with Crippen molar-refractivity contribution in [2.45, 2.75) is 32.9 Å². The molecule has 0 radical (unpaired) electrons. The summed E-state index contributed by atoms with van der Waals surface area (Å²) in [7, 11) is 0. The number of nitrogens with one attached hydrogen (secondary N) is 2. The fourth-order valence-electron chi connectivity index (χ4n) is 2.79. The van der Waals surface area contributed by atoms with E-state index in [2.05, 4.69) is 20.6 Å². The van der Waals surface area contributed by atoms with Crippen molar-refractivity contribution in [3.05, 3.63) is 58.6 Å². The van der Waals surface area contributed by atoms with Crippen molar-refractivity contribution in [2.75, 3.05) is 10.6 Å². The lowest BCUT2D eigenvalue weighted by atomic mass is 10.1. The van der Waals surface area contributed by atoms with E-state index < -0.39 is 11.7 Å². The van der Waals surface area contributed by atoms with Gasteiger partial charge in [0, 0.05) is 23.0 Å². The summed E-state index contributed by atoms with van der Waals surface area (Å²) in [6.45, 7) is 6.01. The second kappa shape index (κ2) is 7.69. The molecule has 3 rings (SSSR count). The number of nitrogens with zero attached hydrogens (tertiary/aromatic N) is 2. The van der Waals surface area contributed by atoms with E-state index in [-0.39, 0.29) is 28.2 Å². The summed E-state index contributed by atoms with van der Waals surface area (Å²) in [6, 6.07) is 8.22. The number of nitrogens with two attached hydrogens (primary N) is 1. The van der Waals surface area contributed by atoms with Gasteiger partial charge in [-0.1, -0.05) is 23.7 Å². The van der Waals surface area contributed by atoms with Crippen LogP contribution >= 0.6 is 11.6 Å². The lowest BCUT2D eigenvalue weighted by Gasteiger charge is -2.22. The maximum Gasteiger partial charge on any atom is 0.260 e. The van der Waals surface area contributed by atoms with Gasteiger partial charge in [0.1, 0.15) is 18.0 Å². The van der Waals surface area contributed by atoms with Gasteiger partial charge < -0.3 is 16.4 Å². The Morgan fingerprint density at radius 1 is 1.21 bits per heavy atom. The number of carbonyl (C=O) groups excluding carboxylic acids is 1. The summed E-state index contributed by atoms with van der Waals surface area (Å²) >= 11 is 6.06. The van der Waals surface area contributed by atoms with Crippen LogP contribution in [0.2, 0.25) is 5.02 Å². The maximum absolute atomic E-state index is 14.6. The van der Waals surface area contributed by atoms with Crippen molar-refractivity contribution in [3.63, 3.8) is 0 Å². The first kappa shape index (κ1) is 20.0. The second-order valence-corrected chi connectivity index (χ2v) is 7.76. The van der Waals surface area contributed by atoms with Gasteiger partial charge in [0.15, 0.2) is 0 Å². The first-order valence-corrected chi connectivity index (χ1v) is 9.09. The maximum atomic E-state index is 14.6. The number of halogens is 2. The number of carbonyl (C=O) groups is 1. The molecule has 1 aromatic heterocycles. The normalized spacial score (nSPS) is 11.5. The summed E-state index contributed by atoms with van der Waals surface area (Å²) < 4.78 is 14.6. The third-order valence-corrected chi connectivity index (χ3v) is 4.34. The highest BCUT2D eigenvalue weighted by molar-refractivity contribution is 6.34. The molecular weight excluding hydrogens is 381 g/mol. The van der Waals surface area contributed by atoms with Crippen LogP contribution in [0, 0.1) is 5.82 Å². The smallest absolute Gasteiger partial charge is 0.260 e. The molecule has 0 atom stereocenters. The monoisotopic (exact) mass is 401 g/mol. The Morgan fingerprint density at radius 3 is 2.64 bits per heavy atom. The van der Waals surface area contributed by atoms with E-state index in [0.29, 0.717) is 17.0 Å². The number of para-hydroxylation sites is 1. The minimum atomic E-state index is -0.725. The molecule has 0 fully saturated rings. The zero-order valence-corrected chi connectivity index (χ0v) is 16.6. The molecule has 3 aromatic rings. The predicted molar refractivity (Wildman–Crippen MR) is 110 cm³/mol. The number of rotatable bonds is 4. The zero-order valence-electron chi connectivity index (χ0n) is 15.8. The Bertz CT molecular complexity index is 1050. The molecule has 0 aliphatic rings. The molecule has 0 aliphatic carbocycles. The first-order chi connectivity index (χ1) is 13.2. The van der Waals surface area contributed by atoms with Gasteiger partial charge in [0.25, 0.3) is 5.91 Å². The average molecular weight is 402 g/mol. The Balaban J connectivity index is 2.02. The number of anilines is 2. The highest BCUT2D eigenvalue weighted by Gasteiger charge is 2.20. The minimum absolute atomic E-state index is 0.0113. The van der Waals surface area contributed by atoms with E-state index in [9.17, 15) is 9.18 Å². The van der Waals surface area contributed by atoms with Gasteiger partial charge in [-0.15, -0.1) is 0 Å². The predicted octanol–water partition coefficient (Wildman–Crippen LogP) is 4.34. The molecule has 4 N–H and O–H groups in total. The van der Waals surface area contributed by atoms with E-state index in [1.165, 1.54) is 18.5 Å². The molecule has 0 unspecified atom stereocenters. The summed E-state index contributed by atoms with van der Waals surface area (Å²) in [6.07, 6.45) is 1.41. The number of hydrogen-bond donors (Lipinski definition) is 3. The highest BCUT2D eigenvalue weighted by Crippen LogP contribution is 2.29. The van der Waals surface area contributed by atoms with Crippen molar-refractivity contribution in [1.82, 2.24) is 9.97 Å². The van der Waals surface area contributed by atoms with E-state index >= 15 is 0 Å². The molecule has 2 aromatic carbocycles. The highest BCUT2D eigenvalue weighted by atomic mass is 35.5. The van der Waals surface area contributed by atoms with Crippen molar-refractivity contribution in [1.29, 1.82) is 0 Å². The minimum Gasteiger partial charge on any atom is -0.365 e. The molecule has 0 spiro atoms. The average Bonchev–Trinajstić information content (AvgIpc) is 2.61. The quantitative estimate of drug-likeness (QED) is 0.604. The van der Waals surface area contributed by atoms with Gasteiger partial charge in [-0.05, 0) is 39.0 Å². The van der Waals surface area contributed by atoms with Gasteiger partial charge in [0.2, 0.25) is 0 Å². The Hall–Kier alpha value is -2.77. The summed E-state index contributed by atoms with van der Waals surface area (Å²) in [4.78, 5) is 21.3. The van der Waals surface area contributed by atoms with Crippen LogP contribution in [-0.4, -0.2) is 21.4 Å². The van der Waals surface area contributed by atoms with Crippen molar-refractivity contribution >= 4 is 39.9 Å². The SMILES string of the molecule is CC(C)(C)Nc1ncnc2c(NC(=O)c3c(Cl)ccc(CN)c3F)cccc12. The fraction of sp³-hybridized carbons (Fsp3) is 0.250. The Morgan fingerprint density at radius 2 is 1.96 bits per heavy atom. The molecule has 146 valence electrons. The molecule has 8 heteroatoms. The fourth-order valence-corrected chi connectivity index (χ4v) is 3.02. The Kier molecular flexibility index (Phi) is 5.49. The van der Waals surface area contributed by atoms with Crippen molar-refractivity contribution in [3.8, 4) is 0 Å². The van der Waals surface area contributed by atoms with Crippen molar-refractivity contribution in [2.24, 2.45) is 5.73 Å². The van der Waals surface area contributed by atoms with Crippen LogP contribution in [0.1, 0.15) is 36.7 Å². The molecular formula is C20H21ClFN5O. The molecule has 28 heavy (non-hydrogen) atoms. The number of fused-ring (bicyclic) bond motifs is 1. The van der Waals surface area contributed by atoms with Gasteiger partial charge >= 0.3 is 0 Å². The molecule has 1 amide bonds. The third-order valence-electron chi connectivity index (χ3n) is 4.02. The van der Waals surface area contributed by atoms with Crippen LogP contribution in [0.3, 0.4) is 0 Å². The summed E-state index contributed by atoms with van der Waals surface area (Å²) in [5.74, 6) is -0.755. The lowest BCUT2D eigenvalue weighted by Crippen LogP contribution is -2.26. The molecule has 0 saturated heterocycles. The van der Waals surface area contributed by atoms with Gasteiger partial charge in [0.05, 0.1) is 21.8 Å². The topological polar surface area (TPSA) is 92.9 Å². The van der Waals surface area contributed by atoms with E-state index in [4.69, 9.17) is 17.3 Å². The summed E-state index contributed by atoms with van der Waals surface area (Å²) in [5.41, 5.74) is 6.24. The number of benzene rings is 2. The standard InChI is InChI=1S/C20H21ClFN5O/c1-20(2,3)27-18-12-5-4-6-14(17(12)24-10-25-18)26-19(28)15-13(21)8-7-11(9-23)16(15)22/h4-8,10H,9,23H2,1-3H3,(H,26,28)(H,24,25,27). The number of hydrogen-bond acceptors (Lipinski definition) is 5. The first-order valence-electron chi connectivity index (χ1n) is 8.71. The van der Waals surface area contributed by atoms with Crippen LogP contribution < -0.4 is 16.4 Å². The number of amides is 1. The molecule has 1 heterocycles. The van der Waals surface area contributed by atoms with Crippen LogP contribution in [0.4, 0.5) is 15.9 Å². The van der Waals surface area contributed by atoms with Crippen LogP contribution in [-0.2, 0) is 6.54 Å². The number of aromatic nitrogens is 2. The molecule has 0 aliphatic heterocycles. The molecule has 0 saturated carbocycles.